The van der Waals surface area contributed by atoms with Crippen molar-refractivity contribution in [2.24, 2.45) is 0 Å². The van der Waals surface area contributed by atoms with Gasteiger partial charge in [0.2, 0.25) is 11.7 Å². The van der Waals surface area contributed by atoms with Crippen molar-refractivity contribution in [1.82, 2.24) is 15.0 Å². The molecule has 3 rings (SSSR count). The smallest absolute Gasteiger partial charge is 0.419 e. The van der Waals surface area contributed by atoms with Gasteiger partial charge in [0.1, 0.15) is 11.8 Å². The first-order valence-corrected chi connectivity index (χ1v) is 8.59. The van der Waals surface area contributed by atoms with Crippen molar-refractivity contribution in [1.29, 1.82) is 0 Å². The Kier molecular flexibility index (Phi) is 5.57. The maximum atomic E-state index is 13.4. The average molecular weight is 397 g/mol. The van der Waals surface area contributed by atoms with Crippen LogP contribution in [0.5, 0.6) is 5.75 Å². The van der Waals surface area contributed by atoms with Crippen LogP contribution in [0.4, 0.5) is 18.0 Å². The van der Waals surface area contributed by atoms with Crippen LogP contribution < -0.4 is 4.74 Å². The van der Waals surface area contributed by atoms with Crippen LogP contribution in [-0.4, -0.2) is 39.4 Å². The van der Waals surface area contributed by atoms with Gasteiger partial charge in [-0.05, 0) is 37.5 Å². The van der Waals surface area contributed by atoms with E-state index in [0.717, 1.165) is 6.07 Å². The van der Waals surface area contributed by atoms with E-state index in [2.05, 4.69) is 16.7 Å². The SMILES string of the molecule is C=CCCOc1ccc(-c2noc([C@@H]3CCCN3C(=O)O)n2)cc1C(F)(F)F. The van der Waals surface area contributed by atoms with E-state index in [9.17, 15) is 23.1 Å². The van der Waals surface area contributed by atoms with E-state index in [4.69, 9.17) is 9.26 Å². The molecule has 1 N–H and O–H groups in total. The summed E-state index contributed by atoms with van der Waals surface area (Å²) < 4.78 is 50.5. The van der Waals surface area contributed by atoms with Crippen molar-refractivity contribution in [3.63, 3.8) is 0 Å². The van der Waals surface area contributed by atoms with E-state index in [1.807, 2.05) is 0 Å². The van der Waals surface area contributed by atoms with Crippen LogP contribution in [0.3, 0.4) is 0 Å². The summed E-state index contributed by atoms with van der Waals surface area (Å²) in [5.41, 5.74) is -0.855. The Morgan fingerprint density at radius 3 is 2.93 bits per heavy atom. The third kappa shape index (κ3) is 4.10. The third-order valence-electron chi connectivity index (χ3n) is 4.35. The molecule has 0 aliphatic carbocycles. The lowest BCUT2D eigenvalue weighted by atomic mass is 10.1. The maximum Gasteiger partial charge on any atom is 0.419 e. The Hall–Kier alpha value is -3.04. The molecule has 1 atom stereocenters. The lowest BCUT2D eigenvalue weighted by molar-refractivity contribution is -0.138. The Morgan fingerprint density at radius 2 is 2.25 bits per heavy atom. The number of amides is 1. The van der Waals surface area contributed by atoms with Gasteiger partial charge in [0.05, 0.1) is 12.2 Å². The van der Waals surface area contributed by atoms with Gasteiger partial charge < -0.3 is 14.4 Å². The number of benzene rings is 1. The van der Waals surface area contributed by atoms with Crippen molar-refractivity contribution in [3.8, 4) is 17.1 Å². The monoisotopic (exact) mass is 397 g/mol. The maximum absolute atomic E-state index is 13.4. The molecule has 2 heterocycles. The summed E-state index contributed by atoms with van der Waals surface area (Å²) in [5.74, 6) is -0.278. The molecule has 1 fully saturated rings. The number of rotatable bonds is 6. The molecule has 2 aromatic rings. The summed E-state index contributed by atoms with van der Waals surface area (Å²) in [4.78, 5) is 16.5. The van der Waals surface area contributed by atoms with Gasteiger partial charge in [0.25, 0.3) is 0 Å². The normalized spacial score (nSPS) is 17.0. The predicted octanol–water partition coefficient (Wildman–Crippen LogP) is 4.53. The Labute approximate surface area is 158 Å². The highest BCUT2D eigenvalue weighted by Crippen LogP contribution is 2.39. The molecular formula is C18H18F3N3O4. The van der Waals surface area contributed by atoms with Gasteiger partial charge in [0, 0.05) is 12.1 Å². The number of alkyl halides is 3. The number of carbonyl (C=O) groups is 1. The Bertz CT molecular complexity index is 866. The van der Waals surface area contributed by atoms with Crippen molar-refractivity contribution in [2.75, 3.05) is 13.2 Å². The van der Waals surface area contributed by atoms with E-state index >= 15 is 0 Å². The number of ether oxygens (including phenoxy) is 1. The van der Waals surface area contributed by atoms with E-state index in [0.29, 0.717) is 25.8 Å². The van der Waals surface area contributed by atoms with Crippen LogP contribution in [0.15, 0.2) is 35.4 Å². The highest BCUT2D eigenvalue weighted by Gasteiger charge is 2.36. The molecule has 10 heteroatoms. The number of aromatic nitrogens is 2. The van der Waals surface area contributed by atoms with Crippen molar-refractivity contribution < 1.29 is 32.3 Å². The minimum atomic E-state index is -4.63. The topological polar surface area (TPSA) is 88.7 Å². The third-order valence-corrected chi connectivity index (χ3v) is 4.35. The summed E-state index contributed by atoms with van der Waals surface area (Å²) in [6.45, 7) is 3.91. The molecule has 0 unspecified atom stereocenters. The van der Waals surface area contributed by atoms with Gasteiger partial charge in [-0.25, -0.2) is 4.79 Å². The van der Waals surface area contributed by atoms with Gasteiger partial charge in [-0.1, -0.05) is 11.2 Å². The highest BCUT2D eigenvalue weighted by atomic mass is 19.4. The zero-order valence-electron chi connectivity index (χ0n) is 14.8. The first-order valence-electron chi connectivity index (χ1n) is 8.59. The van der Waals surface area contributed by atoms with Gasteiger partial charge in [-0.15, -0.1) is 6.58 Å². The zero-order chi connectivity index (χ0) is 20.3. The van der Waals surface area contributed by atoms with Crippen LogP contribution in [0.1, 0.15) is 36.8 Å². The molecule has 7 nitrogen and oxygen atoms in total. The van der Waals surface area contributed by atoms with Gasteiger partial charge in [0.15, 0.2) is 0 Å². The summed E-state index contributed by atoms with van der Waals surface area (Å²) >= 11 is 0. The Balaban J connectivity index is 1.89. The second-order valence-electron chi connectivity index (χ2n) is 6.22. The minimum Gasteiger partial charge on any atom is -0.493 e. The number of nitrogens with zero attached hydrogens (tertiary/aromatic N) is 3. The zero-order valence-corrected chi connectivity index (χ0v) is 14.8. The molecule has 150 valence electrons. The number of hydrogen-bond donors (Lipinski definition) is 1. The lowest BCUT2D eigenvalue weighted by Gasteiger charge is -2.17. The minimum absolute atomic E-state index is 0.0459. The molecular weight excluding hydrogens is 379 g/mol. The highest BCUT2D eigenvalue weighted by molar-refractivity contribution is 5.66. The number of carboxylic acid groups (broad SMARTS) is 1. The fourth-order valence-corrected chi connectivity index (χ4v) is 3.01. The second-order valence-corrected chi connectivity index (χ2v) is 6.22. The van der Waals surface area contributed by atoms with Crippen LogP contribution >= 0.6 is 0 Å². The average Bonchev–Trinajstić information content (AvgIpc) is 3.30. The molecule has 0 radical (unpaired) electrons. The van der Waals surface area contributed by atoms with E-state index in [-0.39, 0.29) is 29.6 Å². The van der Waals surface area contributed by atoms with Gasteiger partial charge in [-0.3, -0.25) is 4.90 Å². The molecule has 1 saturated heterocycles. The summed E-state index contributed by atoms with van der Waals surface area (Å²) in [5, 5.41) is 12.9. The first kappa shape index (κ1) is 19.7. The van der Waals surface area contributed by atoms with Crippen molar-refractivity contribution in [2.45, 2.75) is 31.5 Å². The van der Waals surface area contributed by atoms with Gasteiger partial charge >= 0.3 is 12.3 Å². The fourth-order valence-electron chi connectivity index (χ4n) is 3.01. The molecule has 0 bridgehead atoms. The van der Waals surface area contributed by atoms with E-state index in [1.54, 1.807) is 6.08 Å². The molecule has 1 aliphatic rings. The standard InChI is InChI=1S/C18H18F3N3O4/c1-2-3-9-27-14-7-6-11(10-12(14)18(19,20)21)15-22-16(28-23-15)13-5-4-8-24(13)17(25)26/h2,6-7,10,13H,1,3-5,8-9H2,(H,25,26)/t13-/m0/s1. The first-order chi connectivity index (χ1) is 13.3. The quantitative estimate of drug-likeness (QED) is 0.569. The van der Waals surface area contributed by atoms with Crippen LogP contribution in [-0.2, 0) is 6.18 Å². The van der Waals surface area contributed by atoms with Crippen molar-refractivity contribution >= 4 is 6.09 Å². The van der Waals surface area contributed by atoms with Crippen LogP contribution in [0.2, 0.25) is 0 Å². The van der Waals surface area contributed by atoms with Crippen LogP contribution in [0.25, 0.3) is 11.4 Å². The fraction of sp³-hybridized carbons (Fsp3) is 0.389. The summed E-state index contributed by atoms with van der Waals surface area (Å²) in [6, 6.07) is 2.90. The second kappa shape index (κ2) is 7.91. The Morgan fingerprint density at radius 1 is 1.46 bits per heavy atom. The number of likely N-dealkylation sites (tertiary alicyclic amines) is 1. The number of hydrogen-bond acceptors (Lipinski definition) is 5. The largest absolute Gasteiger partial charge is 0.493 e. The van der Waals surface area contributed by atoms with E-state index in [1.165, 1.54) is 17.0 Å². The summed E-state index contributed by atoms with van der Waals surface area (Å²) in [6.07, 6.45) is -2.62. The molecule has 1 aliphatic heterocycles. The summed E-state index contributed by atoms with van der Waals surface area (Å²) in [7, 11) is 0. The van der Waals surface area contributed by atoms with E-state index < -0.39 is 23.9 Å². The molecule has 1 aromatic carbocycles. The van der Waals surface area contributed by atoms with Gasteiger partial charge in [-0.2, -0.15) is 18.2 Å². The lowest BCUT2D eigenvalue weighted by Crippen LogP contribution is -2.28. The molecule has 28 heavy (non-hydrogen) atoms. The number of halogens is 3. The predicted molar refractivity (Wildman–Crippen MR) is 91.8 cm³/mol. The van der Waals surface area contributed by atoms with Crippen molar-refractivity contribution in [3.05, 3.63) is 42.3 Å². The van der Waals surface area contributed by atoms with Crippen LogP contribution in [0, 0.1) is 0 Å². The molecule has 1 amide bonds. The molecule has 0 spiro atoms. The molecule has 1 aromatic heterocycles. The molecule has 0 saturated carbocycles.